The van der Waals surface area contributed by atoms with E-state index in [9.17, 15) is 57.5 Å². The Hall–Kier alpha value is -1.63. The molecule has 0 aliphatic carbocycles. The zero-order chi connectivity index (χ0) is 21.4. The fourth-order valence-corrected chi connectivity index (χ4v) is 1.56. The molecule has 0 aromatic rings. The molecule has 0 atom stereocenters. The van der Waals surface area contributed by atoms with Crippen molar-refractivity contribution in [2.75, 3.05) is 0 Å². The first-order valence-electron chi connectivity index (χ1n) is 6.35. The largest absolute Gasteiger partial charge is 0.478 e. The third-order valence-electron chi connectivity index (χ3n) is 3.21. The maximum absolute atomic E-state index is 13.3. The highest BCUT2D eigenvalue weighted by Crippen LogP contribution is 2.58. The summed E-state index contributed by atoms with van der Waals surface area (Å²) >= 11 is 0. The molecule has 0 amide bonds. The summed E-state index contributed by atoms with van der Waals surface area (Å²) in [5, 5.41) is 8.34. The number of halogens is 12. The van der Waals surface area contributed by atoms with Crippen molar-refractivity contribution in [2.45, 2.75) is 55.3 Å². The first kappa shape index (κ1) is 24.4. The lowest BCUT2D eigenvalue weighted by Gasteiger charge is -2.39. The summed E-state index contributed by atoms with van der Waals surface area (Å²) in [6.07, 6.45) is -10.1. The zero-order valence-corrected chi connectivity index (χ0v) is 12.3. The third-order valence-corrected chi connectivity index (χ3v) is 3.21. The molecule has 0 aromatic heterocycles. The van der Waals surface area contributed by atoms with Gasteiger partial charge in [0.1, 0.15) is 0 Å². The summed E-state index contributed by atoms with van der Waals surface area (Å²) in [6.45, 7) is 2.79. The lowest BCUT2D eigenvalue weighted by Crippen LogP contribution is -2.68. The van der Waals surface area contributed by atoms with Gasteiger partial charge in [-0.05, 0) is 12.8 Å². The van der Waals surface area contributed by atoms with Gasteiger partial charge in [-0.15, -0.1) is 0 Å². The quantitative estimate of drug-likeness (QED) is 0.392. The van der Waals surface area contributed by atoms with Crippen LogP contribution in [-0.4, -0.2) is 47.1 Å². The van der Waals surface area contributed by atoms with Crippen LogP contribution in [0.5, 0.6) is 0 Å². The Kier molecular flexibility index (Phi) is 6.73. The molecule has 0 fully saturated rings. The monoisotopic (exact) mass is 414 g/mol. The number of hydrogen-bond donors (Lipinski definition) is 1. The van der Waals surface area contributed by atoms with E-state index in [4.69, 9.17) is 5.11 Å². The Morgan fingerprint density at radius 3 is 1.62 bits per heavy atom. The smallest absolute Gasteiger partial charge is 0.384 e. The van der Waals surface area contributed by atoms with Crippen LogP contribution in [0.15, 0.2) is 12.2 Å². The van der Waals surface area contributed by atoms with Crippen LogP contribution in [0.25, 0.3) is 0 Å². The molecule has 1 N–H and O–H groups in total. The van der Waals surface area contributed by atoms with Crippen molar-refractivity contribution in [3.8, 4) is 0 Å². The van der Waals surface area contributed by atoms with E-state index in [1.807, 2.05) is 0 Å². The van der Waals surface area contributed by atoms with Gasteiger partial charge in [-0.25, -0.2) is 13.6 Å². The van der Waals surface area contributed by atoms with Crippen LogP contribution < -0.4 is 0 Å². The van der Waals surface area contributed by atoms with Crippen molar-refractivity contribution in [2.24, 2.45) is 0 Å². The number of carbonyl (C=O) groups is 1. The van der Waals surface area contributed by atoms with E-state index in [-0.39, 0.29) is 0 Å². The Bertz CT molecular complexity index is 540. The van der Waals surface area contributed by atoms with Crippen LogP contribution >= 0.6 is 0 Å². The minimum Gasteiger partial charge on any atom is -0.478 e. The van der Waals surface area contributed by atoms with Crippen LogP contribution in [0.2, 0.25) is 0 Å². The van der Waals surface area contributed by atoms with E-state index in [1.54, 1.807) is 0 Å². The molecule has 14 heteroatoms. The highest BCUT2D eigenvalue weighted by Gasteiger charge is 2.87. The first-order valence-corrected chi connectivity index (χ1v) is 6.35. The Balaban J connectivity index is 5.67. The maximum atomic E-state index is 13.3. The molecule has 0 saturated heterocycles. The molecule has 2 nitrogen and oxygen atoms in total. The van der Waals surface area contributed by atoms with Crippen molar-refractivity contribution in [1.29, 1.82) is 0 Å². The van der Waals surface area contributed by atoms with Gasteiger partial charge in [0.2, 0.25) is 0 Å². The highest BCUT2D eigenvalue weighted by molar-refractivity contribution is 5.85. The van der Waals surface area contributed by atoms with Gasteiger partial charge in [0.05, 0.1) is 0 Å². The SMILES string of the molecule is C=C(CCCC(F)(F)C(F)(F)C(F)(F)C(F)(F)C(F)(F)C(F)F)C(=O)O. The minimum atomic E-state index is -7.56. The number of alkyl halides is 12. The summed E-state index contributed by atoms with van der Waals surface area (Å²) in [4.78, 5) is 10.3. The van der Waals surface area contributed by atoms with Gasteiger partial charge < -0.3 is 5.11 Å². The normalized spacial score (nSPS) is 14.7. The van der Waals surface area contributed by atoms with Crippen LogP contribution in [0.3, 0.4) is 0 Å². The molecule has 0 spiro atoms. The second-order valence-corrected chi connectivity index (χ2v) is 5.11. The lowest BCUT2D eigenvalue weighted by atomic mass is 9.91. The molecule has 154 valence electrons. The summed E-state index contributed by atoms with van der Waals surface area (Å²) in [6, 6.07) is 0. The molecule has 0 aromatic carbocycles. The van der Waals surface area contributed by atoms with Gasteiger partial charge in [0, 0.05) is 12.0 Å². The number of hydrogen-bond acceptors (Lipinski definition) is 1. The van der Waals surface area contributed by atoms with Crippen molar-refractivity contribution in [1.82, 2.24) is 0 Å². The molecule has 0 heterocycles. The number of aliphatic carboxylic acids is 1. The average molecular weight is 414 g/mol. The fourth-order valence-electron chi connectivity index (χ4n) is 1.56. The second-order valence-electron chi connectivity index (χ2n) is 5.11. The first-order chi connectivity index (χ1) is 11.3. The van der Waals surface area contributed by atoms with Gasteiger partial charge in [0.15, 0.2) is 0 Å². The summed E-state index contributed by atoms with van der Waals surface area (Å²) in [5.41, 5.74) is -0.814. The molecule has 0 saturated carbocycles. The van der Waals surface area contributed by atoms with E-state index >= 15 is 0 Å². The van der Waals surface area contributed by atoms with Gasteiger partial charge >= 0.3 is 42.0 Å². The summed E-state index contributed by atoms with van der Waals surface area (Å²) in [5.74, 6) is -37.1. The summed E-state index contributed by atoms with van der Waals surface area (Å²) in [7, 11) is 0. The van der Waals surface area contributed by atoms with Crippen molar-refractivity contribution in [3.05, 3.63) is 12.2 Å². The van der Waals surface area contributed by atoms with Crippen molar-refractivity contribution in [3.63, 3.8) is 0 Å². The molecule has 0 rings (SSSR count). The molecule has 0 unspecified atom stereocenters. The van der Waals surface area contributed by atoms with Gasteiger partial charge in [-0.1, -0.05) is 6.58 Å². The molecule has 26 heavy (non-hydrogen) atoms. The average Bonchev–Trinajstić information content (AvgIpc) is 2.45. The highest BCUT2D eigenvalue weighted by atomic mass is 19.4. The van der Waals surface area contributed by atoms with Crippen LogP contribution in [0.4, 0.5) is 52.7 Å². The molecule has 0 aliphatic heterocycles. The van der Waals surface area contributed by atoms with Crippen LogP contribution in [0.1, 0.15) is 19.3 Å². The Morgan fingerprint density at radius 2 is 1.27 bits per heavy atom. The Labute approximate surface area is 137 Å². The second kappa shape index (κ2) is 7.18. The van der Waals surface area contributed by atoms with Crippen molar-refractivity contribution >= 4 is 5.97 Å². The minimum absolute atomic E-state index is 0.814. The fraction of sp³-hybridized carbons (Fsp3) is 0.750. The van der Waals surface area contributed by atoms with E-state index in [2.05, 4.69) is 6.58 Å². The standard InChI is InChI=1S/C12H10F12O2/c1-5(6(25)26)3-2-4-8(15,16)10(19,20)12(23,24)11(21,22)9(17,18)7(13)14/h7H,1-4H2,(H,25,26). The molecule has 0 radical (unpaired) electrons. The van der Waals surface area contributed by atoms with Crippen molar-refractivity contribution < 1.29 is 62.6 Å². The van der Waals surface area contributed by atoms with E-state index < -0.39 is 66.8 Å². The van der Waals surface area contributed by atoms with Gasteiger partial charge in [-0.2, -0.15) is 43.9 Å². The topological polar surface area (TPSA) is 37.3 Å². The predicted molar refractivity (Wildman–Crippen MR) is 61.4 cm³/mol. The van der Waals surface area contributed by atoms with Gasteiger partial charge in [-0.3, -0.25) is 0 Å². The van der Waals surface area contributed by atoms with E-state index in [1.165, 1.54) is 0 Å². The van der Waals surface area contributed by atoms with Crippen LogP contribution in [-0.2, 0) is 4.79 Å². The van der Waals surface area contributed by atoms with Crippen LogP contribution in [0, 0.1) is 0 Å². The van der Waals surface area contributed by atoms with E-state index in [0.29, 0.717) is 0 Å². The van der Waals surface area contributed by atoms with E-state index in [0.717, 1.165) is 0 Å². The molecule has 0 bridgehead atoms. The number of rotatable bonds is 10. The van der Waals surface area contributed by atoms with Gasteiger partial charge in [0.25, 0.3) is 0 Å². The molecule has 0 aliphatic rings. The Morgan fingerprint density at radius 1 is 0.846 bits per heavy atom. The third kappa shape index (κ3) is 3.87. The molecular formula is C12H10F12O2. The zero-order valence-electron chi connectivity index (χ0n) is 12.3. The maximum Gasteiger partial charge on any atom is 0.384 e. The summed E-state index contributed by atoms with van der Waals surface area (Å²) < 4.78 is 154. The number of carboxylic acid groups (broad SMARTS) is 1. The predicted octanol–water partition coefficient (Wildman–Crippen LogP) is 5.24. The number of carboxylic acids is 1. The molecular weight excluding hydrogens is 404 g/mol. The lowest BCUT2D eigenvalue weighted by molar-refractivity contribution is -0.413.